The first-order valence-electron chi connectivity index (χ1n) is 6.77. The van der Waals surface area contributed by atoms with Gasteiger partial charge in [0.2, 0.25) is 0 Å². The van der Waals surface area contributed by atoms with Crippen molar-refractivity contribution in [2.45, 2.75) is 39.5 Å². The smallest absolute Gasteiger partial charge is 0.308 e. The minimum atomic E-state index is -3.53. The van der Waals surface area contributed by atoms with Crippen molar-refractivity contribution in [3.63, 3.8) is 0 Å². The van der Waals surface area contributed by atoms with E-state index in [4.69, 9.17) is 5.11 Å². The van der Waals surface area contributed by atoms with Crippen molar-refractivity contribution in [1.29, 1.82) is 0 Å². The number of aliphatic carboxylic acids is 1. The van der Waals surface area contributed by atoms with Crippen molar-refractivity contribution in [1.82, 2.24) is 0 Å². The van der Waals surface area contributed by atoms with E-state index < -0.39 is 43.1 Å². The Hall–Kier alpha value is -0.630. The van der Waals surface area contributed by atoms with Crippen molar-refractivity contribution in [2.75, 3.05) is 23.0 Å². The maximum Gasteiger partial charge on any atom is 0.308 e. The van der Waals surface area contributed by atoms with Gasteiger partial charge in [0.15, 0.2) is 19.7 Å². The predicted molar refractivity (Wildman–Crippen MR) is 78.2 cm³/mol. The van der Waals surface area contributed by atoms with Gasteiger partial charge in [-0.1, -0.05) is 26.7 Å². The second kappa shape index (κ2) is 8.61. The molecule has 0 fully saturated rings. The van der Waals surface area contributed by atoms with Gasteiger partial charge in [-0.15, -0.1) is 0 Å². The van der Waals surface area contributed by atoms with E-state index in [1.807, 2.05) is 13.8 Å². The van der Waals surface area contributed by atoms with E-state index in [2.05, 4.69) is 0 Å². The molecule has 0 aromatic heterocycles. The third-order valence-corrected chi connectivity index (χ3v) is 6.52. The maximum absolute atomic E-state index is 11.7. The van der Waals surface area contributed by atoms with Crippen LogP contribution in [0.2, 0.25) is 0 Å². The lowest BCUT2D eigenvalue weighted by Gasteiger charge is -2.13. The number of carbonyl (C=O) groups is 1. The van der Waals surface area contributed by atoms with E-state index >= 15 is 0 Å². The average Bonchev–Trinajstić information content (AvgIpc) is 2.32. The van der Waals surface area contributed by atoms with E-state index in [1.165, 1.54) is 0 Å². The van der Waals surface area contributed by atoms with Gasteiger partial charge in [0.05, 0.1) is 28.9 Å². The highest BCUT2D eigenvalue weighted by atomic mass is 32.2. The zero-order valence-electron chi connectivity index (χ0n) is 12.0. The maximum atomic E-state index is 11.7. The summed E-state index contributed by atoms with van der Waals surface area (Å²) in [6.45, 7) is 3.67. The molecule has 0 radical (unpaired) electrons. The molecule has 0 aliphatic carbocycles. The molecular formula is C12H24O6S2. The first kappa shape index (κ1) is 19.4. The molecule has 0 bridgehead atoms. The number of carboxylic acid groups (broad SMARTS) is 1. The Kier molecular flexibility index (Phi) is 8.34. The van der Waals surface area contributed by atoms with E-state index in [1.54, 1.807) is 0 Å². The lowest BCUT2D eigenvalue weighted by molar-refractivity contribution is -0.140. The van der Waals surface area contributed by atoms with Crippen LogP contribution in [-0.2, 0) is 24.5 Å². The van der Waals surface area contributed by atoms with Crippen LogP contribution in [0.25, 0.3) is 0 Å². The summed E-state index contributed by atoms with van der Waals surface area (Å²) in [7, 11) is -7.05. The van der Waals surface area contributed by atoms with Crippen molar-refractivity contribution in [3.8, 4) is 0 Å². The molecule has 8 heteroatoms. The normalized spacial score (nSPS) is 12.8. The summed E-state index contributed by atoms with van der Waals surface area (Å²) in [5.74, 6) is -4.14. The molecule has 0 rings (SSSR count). The first-order chi connectivity index (χ1) is 9.13. The third-order valence-electron chi connectivity index (χ3n) is 2.88. The third kappa shape index (κ3) is 8.52. The summed E-state index contributed by atoms with van der Waals surface area (Å²) >= 11 is 0. The van der Waals surface area contributed by atoms with E-state index in [9.17, 15) is 21.6 Å². The Morgan fingerprint density at radius 1 is 0.900 bits per heavy atom. The quantitative estimate of drug-likeness (QED) is 0.609. The Morgan fingerprint density at radius 2 is 1.25 bits per heavy atom. The second-order valence-corrected chi connectivity index (χ2v) is 9.43. The highest BCUT2D eigenvalue weighted by molar-refractivity contribution is 7.92. The van der Waals surface area contributed by atoms with Crippen LogP contribution in [0.1, 0.15) is 39.5 Å². The van der Waals surface area contributed by atoms with Crippen LogP contribution in [0.3, 0.4) is 0 Å². The SMILES string of the molecule is CCCCS(=O)(=O)CC(CS(=O)(=O)CCCC)C(=O)O. The second-order valence-electron chi connectivity index (χ2n) is 4.97. The van der Waals surface area contributed by atoms with Gasteiger partial charge in [0.1, 0.15) is 0 Å². The molecule has 0 saturated carbocycles. The van der Waals surface area contributed by atoms with E-state index in [0.29, 0.717) is 25.7 Å². The Balaban J connectivity index is 4.79. The lowest BCUT2D eigenvalue weighted by atomic mass is 10.2. The fraction of sp³-hybridized carbons (Fsp3) is 0.917. The molecule has 20 heavy (non-hydrogen) atoms. The first-order valence-corrected chi connectivity index (χ1v) is 10.4. The lowest BCUT2D eigenvalue weighted by Crippen LogP contribution is -2.32. The number of hydrogen-bond donors (Lipinski definition) is 1. The van der Waals surface area contributed by atoms with Crippen LogP contribution >= 0.6 is 0 Å². The van der Waals surface area contributed by atoms with Gasteiger partial charge in [-0.05, 0) is 12.8 Å². The van der Waals surface area contributed by atoms with E-state index in [-0.39, 0.29) is 11.5 Å². The molecule has 120 valence electrons. The number of rotatable bonds is 11. The topological polar surface area (TPSA) is 106 Å². The molecule has 0 aliphatic heterocycles. The van der Waals surface area contributed by atoms with Gasteiger partial charge < -0.3 is 5.11 Å². The summed E-state index contributed by atoms with van der Waals surface area (Å²) in [5, 5.41) is 9.02. The van der Waals surface area contributed by atoms with Crippen molar-refractivity contribution >= 4 is 25.6 Å². The van der Waals surface area contributed by atoms with Crippen LogP contribution in [0, 0.1) is 5.92 Å². The van der Waals surface area contributed by atoms with Crippen LogP contribution in [-0.4, -0.2) is 50.9 Å². The van der Waals surface area contributed by atoms with Gasteiger partial charge in [-0.25, -0.2) is 16.8 Å². The van der Waals surface area contributed by atoms with Crippen molar-refractivity contribution in [3.05, 3.63) is 0 Å². The van der Waals surface area contributed by atoms with Crippen molar-refractivity contribution in [2.24, 2.45) is 5.92 Å². The minimum absolute atomic E-state index is 0.0950. The molecule has 1 N–H and O–H groups in total. The van der Waals surface area contributed by atoms with Gasteiger partial charge in [0.25, 0.3) is 0 Å². The zero-order chi connectivity index (χ0) is 15.8. The monoisotopic (exact) mass is 328 g/mol. The molecule has 0 saturated heterocycles. The highest BCUT2D eigenvalue weighted by Gasteiger charge is 2.29. The molecule has 0 atom stereocenters. The molecule has 0 amide bonds. The Bertz CT molecular complexity index is 452. The summed E-state index contributed by atoms with van der Waals surface area (Å²) < 4.78 is 47.0. The predicted octanol–water partition coefficient (Wildman–Crippen LogP) is 1.12. The number of carboxylic acids is 1. The molecule has 6 nitrogen and oxygen atoms in total. The highest BCUT2D eigenvalue weighted by Crippen LogP contribution is 2.11. The minimum Gasteiger partial charge on any atom is -0.481 e. The molecule has 0 unspecified atom stereocenters. The molecule has 0 aliphatic rings. The zero-order valence-corrected chi connectivity index (χ0v) is 13.7. The van der Waals surface area contributed by atoms with Crippen LogP contribution in [0.5, 0.6) is 0 Å². The van der Waals surface area contributed by atoms with E-state index in [0.717, 1.165) is 0 Å². The molecule has 0 aromatic rings. The van der Waals surface area contributed by atoms with Crippen molar-refractivity contribution < 1.29 is 26.7 Å². The summed E-state index contributed by atoms with van der Waals surface area (Å²) in [5.41, 5.74) is 0. The van der Waals surface area contributed by atoms with Gasteiger partial charge in [0, 0.05) is 0 Å². The number of unbranched alkanes of at least 4 members (excludes halogenated alkanes) is 2. The van der Waals surface area contributed by atoms with Gasteiger partial charge in [-0.2, -0.15) is 0 Å². The largest absolute Gasteiger partial charge is 0.481 e. The van der Waals surface area contributed by atoms with Crippen LogP contribution in [0.4, 0.5) is 0 Å². The Morgan fingerprint density at radius 3 is 1.50 bits per heavy atom. The summed E-state index contributed by atoms with van der Waals surface area (Å²) in [6, 6.07) is 0. The standard InChI is InChI=1S/C12H24O6S2/c1-3-5-7-19(15,16)9-11(12(13)14)10-20(17,18)8-6-4-2/h11H,3-10H2,1-2H3,(H,13,14). The summed E-state index contributed by atoms with van der Waals surface area (Å²) in [6.07, 6.45) is 2.28. The van der Waals surface area contributed by atoms with Crippen LogP contribution < -0.4 is 0 Å². The molecule has 0 heterocycles. The fourth-order valence-corrected chi connectivity index (χ4v) is 5.39. The van der Waals surface area contributed by atoms with Gasteiger partial charge in [-0.3, -0.25) is 4.79 Å². The average molecular weight is 328 g/mol. The molecule has 0 aromatic carbocycles. The number of sulfone groups is 2. The molecular weight excluding hydrogens is 304 g/mol. The summed E-state index contributed by atoms with van der Waals surface area (Å²) in [4.78, 5) is 11.1. The number of hydrogen-bond acceptors (Lipinski definition) is 5. The van der Waals surface area contributed by atoms with Crippen LogP contribution in [0.15, 0.2) is 0 Å². The van der Waals surface area contributed by atoms with Gasteiger partial charge >= 0.3 is 5.97 Å². The Labute approximate surface area is 121 Å². The fourth-order valence-electron chi connectivity index (χ4n) is 1.70. The molecule has 0 spiro atoms.